The summed E-state index contributed by atoms with van der Waals surface area (Å²) in [6.07, 6.45) is 7.39. The van der Waals surface area contributed by atoms with Crippen LogP contribution in [0.15, 0.2) is 219 Å². The molecule has 2 heterocycles. The Balaban J connectivity index is 0.000000172. The first-order valence-corrected chi connectivity index (χ1v) is 18.4. The lowest BCUT2D eigenvalue weighted by Gasteiger charge is -2.12. The number of aromatic nitrogens is 2. The third-order valence-electron chi connectivity index (χ3n) is 9.11. The molecule has 0 amide bonds. The lowest BCUT2D eigenvalue weighted by atomic mass is 9.91. The summed E-state index contributed by atoms with van der Waals surface area (Å²) in [6.45, 7) is 0. The number of hydrogen-bond donors (Lipinski definition) is 0. The molecule has 0 aliphatic rings. The highest BCUT2D eigenvalue weighted by atomic mass is 16.1. The SMILES string of the molecule is O=C(/C(=C/c1ccccc1)c1ccccc1)c1ccccc1-c1ccccn1.O=C(/C(=C/c1ccccc1)c1ccccc1)c1ccccc1-c1ccccn1. The molecule has 4 heteroatoms. The number of allylic oxidation sites excluding steroid dienone is 2. The van der Waals surface area contributed by atoms with E-state index in [1.54, 1.807) is 12.4 Å². The van der Waals surface area contributed by atoms with Gasteiger partial charge in [-0.25, -0.2) is 0 Å². The van der Waals surface area contributed by atoms with E-state index in [1.807, 2.05) is 218 Å². The zero-order chi connectivity index (χ0) is 38.4. The van der Waals surface area contributed by atoms with E-state index in [2.05, 4.69) is 9.97 Å². The molecule has 0 N–H and O–H groups in total. The van der Waals surface area contributed by atoms with Crippen molar-refractivity contribution in [2.75, 3.05) is 0 Å². The first-order chi connectivity index (χ1) is 27.7. The van der Waals surface area contributed by atoms with E-state index in [0.29, 0.717) is 22.3 Å². The summed E-state index contributed by atoms with van der Waals surface area (Å²) in [5.74, 6) is -0.0346. The number of hydrogen-bond acceptors (Lipinski definition) is 4. The van der Waals surface area contributed by atoms with Gasteiger partial charge in [0.1, 0.15) is 0 Å². The fraction of sp³-hybridized carbons (Fsp3) is 0. The Kier molecular flexibility index (Phi) is 12.1. The molecule has 0 saturated heterocycles. The molecule has 0 unspecified atom stereocenters. The van der Waals surface area contributed by atoms with E-state index in [-0.39, 0.29) is 11.6 Å². The average molecular weight is 723 g/mol. The van der Waals surface area contributed by atoms with Crippen LogP contribution in [0.2, 0.25) is 0 Å². The Bertz CT molecular complexity index is 2390. The maximum Gasteiger partial charge on any atom is 0.194 e. The number of ketones is 2. The predicted octanol–water partition coefficient (Wildman–Crippen LogP) is 12.3. The number of benzene rings is 6. The lowest BCUT2D eigenvalue weighted by molar-refractivity contribution is 0.105. The minimum absolute atomic E-state index is 0.0173. The van der Waals surface area contributed by atoms with Crippen LogP contribution in [0.1, 0.15) is 43.0 Å². The van der Waals surface area contributed by atoms with Crippen molar-refractivity contribution in [3.8, 4) is 22.5 Å². The Labute approximate surface area is 327 Å². The number of Topliss-reactive ketones (excluding diaryl/α,β-unsaturated/α-hetero) is 2. The quantitative estimate of drug-likeness (QED) is 0.0801. The molecular formula is C52H38N2O2. The fourth-order valence-electron chi connectivity index (χ4n) is 6.37. The molecule has 0 aliphatic carbocycles. The highest BCUT2D eigenvalue weighted by Crippen LogP contribution is 2.30. The average Bonchev–Trinajstić information content (AvgIpc) is 3.29. The summed E-state index contributed by atoms with van der Waals surface area (Å²) in [4.78, 5) is 36.2. The molecular weight excluding hydrogens is 685 g/mol. The molecule has 0 bridgehead atoms. The van der Waals surface area contributed by atoms with E-state index >= 15 is 0 Å². The molecule has 8 aromatic rings. The summed E-state index contributed by atoms with van der Waals surface area (Å²) >= 11 is 0. The molecule has 8 rings (SSSR count). The van der Waals surface area contributed by atoms with Crippen LogP contribution in [0, 0.1) is 0 Å². The zero-order valence-corrected chi connectivity index (χ0v) is 30.7. The van der Waals surface area contributed by atoms with Gasteiger partial charge in [-0.3, -0.25) is 19.6 Å². The fourth-order valence-corrected chi connectivity index (χ4v) is 6.37. The van der Waals surface area contributed by atoms with Crippen LogP contribution < -0.4 is 0 Å². The maximum atomic E-state index is 13.6. The number of carbonyl (C=O) groups is 2. The minimum atomic E-state index is -0.0173. The van der Waals surface area contributed by atoms with Gasteiger partial charge in [-0.15, -0.1) is 0 Å². The molecule has 0 radical (unpaired) electrons. The highest BCUT2D eigenvalue weighted by Gasteiger charge is 2.20. The van der Waals surface area contributed by atoms with Crippen LogP contribution in [-0.2, 0) is 0 Å². The van der Waals surface area contributed by atoms with Crippen molar-refractivity contribution in [3.63, 3.8) is 0 Å². The topological polar surface area (TPSA) is 59.9 Å². The van der Waals surface area contributed by atoms with Crippen molar-refractivity contribution < 1.29 is 9.59 Å². The Hall–Kier alpha value is -7.56. The summed E-state index contributed by atoms with van der Waals surface area (Å²) in [6, 6.07) is 66.2. The van der Waals surface area contributed by atoms with Crippen molar-refractivity contribution in [2.24, 2.45) is 0 Å². The summed E-state index contributed by atoms with van der Waals surface area (Å²) < 4.78 is 0. The van der Waals surface area contributed by atoms with E-state index in [9.17, 15) is 9.59 Å². The second-order valence-corrected chi connectivity index (χ2v) is 12.8. The van der Waals surface area contributed by atoms with Gasteiger partial charge in [0.25, 0.3) is 0 Å². The maximum absolute atomic E-state index is 13.6. The second kappa shape index (κ2) is 18.5. The van der Waals surface area contributed by atoms with Crippen molar-refractivity contribution >= 4 is 34.9 Å². The zero-order valence-electron chi connectivity index (χ0n) is 30.7. The van der Waals surface area contributed by atoms with Crippen molar-refractivity contribution in [2.45, 2.75) is 0 Å². The molecule has 0 saturated carbocycles. The van der Waals surface area contributed by atoms with Gasteiger partial charge >= 0.3 is 0 Å². The Morgan fingerprint density at radius 3 is 1.02 bits per heavy atom. The number of pyridine rings is 2. The second-order valence-electron chi connectivity index (χ2n) is 12.8. The highest BCUT2D eigenvalue weighted by molar-refractivity contribution is 6.34. The van der Waals surface area contributed by atoms with Crippen molar-refractivity contribution in [1.29, 1.82) is 0 Å². The molecule has 6 aromatic carbocycles. The molecule has 56 heavy (non-hydrogen) atoms. The molecule has 0 spiro atoms. The van der Waals surface area contributed by atoms with Crippen LogP contribution in [0.5, 0.6) is 0 Å². The molecule has 0 fully saturated rings. The van der Waals surface area contributed by atoms with Gasteiger partial charge in [-0.2, -0.15) is 0 Å². The monoisotopic (exact) mass is 722 g/mol. The van der Waals surface area contributed by atoms with E-state index in [1.165, 1.54) is 0 Å². The van der Waals surface area contributed by atoms with Gasteiger partial charge in [0.2, 0.25) is 0 Å². The molecule has 2 aromatic heterocycles. The van der Waals surface area contributed by atoms with Crippen molar-refractivity contribution in [3.05, 3.63) is 252 Å². The smallest absolute Gasteiger partial charge is 0.194 e. The van der Waals surface area contributed by atoms with Gasteiger partial charge < -0.3 is 0 Å². The minimum Gasteiger partial charge on any atom is -0.289 e. The van der Waals surface area contributed by atoms with Gasteiger partial charge in [0.05, 0.1) is 11.4 Å². The number of rotatable bonds is 10. The number of carbonyl (C=O) groups excluding carboxylic acids is 2. The third kappa shape index (κ3) is 9.14. The van der Waals surface area contributed by atoms with E-state index in [4.69, 9.17) is 0 Å². The lowest BCUT2D eigenvalue weighted by Crippen LogP contribution is -2.05. The van der Waals surface area contributed by atoms with Gasteiger partial charge in [0.15, 0.2) is 11.6 Å². The molecule has 0 aliphatic heterocycles. The molecule has 4 nitrogen and oxygen atoms in total. The normalized spacial score (nSPS) is 11.2. The summed E-state index contributed by atoms with van der Waals surface area (Å²) in [5.41, 5.74) is 9.64. The van der Waals surface area contributed by atoms with E-state index in [0.717, 1.165) is 44.8 Å². The first kappa shape index (κ1) is 36.8. The third-order valence-corrected chi connectivity index (χ3v) is 9.11. The van der Waals surface area contributed by atoms with Gasteiger partial charge in [-0.1, -0.05) is 182 Å². The summed E-state index contributed by atoms with van der Waals surface area (Å²) in [7, 11) is 0. The van der Waals surface area contributed by atoms with Crippen molar-refractivity contribution in [1.82, 2.24) is 9.97 Å². The van der Waals surface area contributed by atoms with Gasteiger partial charge in [0, 0.05) is 45.8 Å². The van der Waals surface area contributed by atoms with Crippen LogP contribution in [0.3, 0.4) is 0 Å². The standard InChI is InChI=1S/2C26H19NO/c2*28-26(23-16-8-7-15-22(23)25-17-9-10-18-27-25)24(21-13-5-2-6-14-21)19-20-11-3-1-4-12-20/h2*1-19H/b2*24-19+. The number of nitrogens with zero attached hydrogens (tertiary/aromatic N) is 2. The van der Waals surface area contributed by atoms with Crippen LogP contribution >= 0.6 is 0 Å². The van der Waals surface area contributed by atoms with Gasteiger partial charge in [-0.05, 0) is 58.7 Å². The Morgan fingerprint density at radius 1 is 0.339 bits per heavy atom. The molecule has 268 valence electrons. The first-order valence-electron chi connectivity index (χ1n) is 18.4. The van der Waals surface area contributed by atoms with Crippen LogP contribution in [0.4, 0.5) is 0 Å². The Morgan fingerprint density at radius 2 is 0.661 bits per heavy atom. The largest absolute Gasteiger partial charge is 0.289 e. The predicted molar refractivity (Wildman–Crippen MR) is 230 cm³/mol. The van der Waals surface area contributed by atoms with Crippen LogP contribution in [0.25, 0.3) is 45.8 Å². The van der Waals surface area contributed by atoms with E-state index < -0.39 is 0 Å². The molecule has 0 atom stereocenters. The van der Waals surface area contributed by atoms with Crippen LogP contribution in [-0.4, -0.2) is 21.5 Å². The summed E-state index contributed by atoms with van der Waals surface area (Å²) in [5, 5.41) is 0.